The molecule has 1 rings (SSSR count). The van der Waals surface area contributed by atoms with Crippen molar-refractivity contribution in [1.82, 2.24) is 0 Å². The quantitative estimate of drug-likeness (QED) is 0.597. The Morgan fingerprint density at radius 2 is 1.17 bits per heavy atom. The summed E-state index contributed by atoms with van der Waals surface area (Å²) in [4.78, 5) is 22.9. The maximum Gasteiger partial charge on any atom is 0.338 e. The van der Waals surface area contributed by atoms with Crippen molar-refractivity contribution in [2.75, 3.05) is 25.0 Å². The lowest BCUT2D eigenvalue weighted by Crippen LogP contribution is -2.09. The van der Waals surface area contributed by atoms with Crippen LogP contribution in [0, 0.1) is 0 Å². The highest BCUT2D eigenvalue weighted by Gasteiger charge is 2.10. The minimum Gasteiger partial charge on any atom is -0.461 e. The molecule has 0 spiro atoms. The summed E-state index contributed by atoms with van der Waals surface area (Å²) in [7, 11) is 0. The van der Waals surface area contributed by atoms with Crippen LogP contribution in [0.25, 0.3) is 0 Å². The normalized spacial score (nSPS) is 9.89. The van der Waals surface area contributed by atoms with Crippen LogP contribution in [0.4, 0.5) is 0 Å². The molecule has 0 unspecified atom stereocenters. The Hall–Kier alpha value is -1.26. The van der Waals surface area contributed by atoms with E-state index in [0.717, 1.165) is 0 Å². The summed E-state index contributed by atoms with van der Waals surface area (Å²) < 4.78 is 9.68. The highest BCUT2D eigenvalue weighted by Crippen LogP contribution is 2.07. The summed E-state index contributed by atoms with van der Waals surface area (Å²) in [6, 6.07) is 5.98. The highest BCUT2D eigenvalue weighted by molar-refractivity contribution is 6.18. The fourth-order valence-corrected chi connectivity index (χ4v) is 1.33. The van der Waals surface area contributed by atoms with Crippen molar-refractivity contribution >= 4 is 35.1 Å². The molecule has 0 amide bonds. The molecule has 98 valence electrons. The van der Waals surface area contributed by atoms with Crippen molar-refractivity contribution in [3.8, 4) is 0 Å². The standard InChI is InChI=1S/C12H12Cl2O4/c13-5-7-17-11(15)9-1-2-10(4-3-9)12(16)18-8-6-14/h1-4H,5-8H2. The molecule has 0 saturated carbocycles. The first-order chi connectivity index (χ1) is 8.69. The maximum absolute atomic E-state index is 11.4. The number of hydrogen-bond acceptors (Lipinski definition) is 4. The van der Waals surface area contributed by atoms with E-state index in [2.05, 4.69) is 0 Å². The van der Waals surface area contributed by atoms with Gasteiger partial charge in [0.2, 0.25) is 0 Å². The SMILES string of the molecule is O=C(OCCCl)c1ccc(C(=O)OCCCl)cc1. The minimum absolute atomic E-state index is 0.153. The summed E-state index contributed by atoms with van der Waals surface area (Å²) in [5.41, 5.74) is 0.711. The van der Waals surface area contributed by atoms with Crippen LogP contribution >= 0.6 is 23.2 Å². The van der Waals surface area contributed by atoms with E-state index >= 15 is 0 Å². The van der Waals surface area contributed by atoms with Crippen LogP contribution in [-0.2, 0) is 9.47 Å². The van der Waals surface area contributed by atoms with Gasteiger partial charge in [0.1, 0.15) is 13.2 Å². The molecule has 0 fully saturated rings. The van der Waals surface area contributed by atoms with E-state index in [0.29, 0.717) is 11.1 Å². The Balaban J connectivity index is 2.62. The largest absolute Gasteiger partial charge is 0.461 e. The van der Waals surface area contributed by atoms with E-state index in [1.54, 1.807) is 0 Å². The Kier molecular flexibility index (Phi) is 6.54. The van der Waals surface area contributed by atoms with Gasteiger partial charge in [0, 0.05) is 0 Å². The number of ether oxygens (including phenoxy) is 2. The van der Waals surface area contributed by atoms with Crippen LogP contribution in [0.1, 0.15) is 20.7 Å². The molecule has 18 heavy (non-hydrogen) atoms. The summed E-state index contributed by atoms with van der Waals surface area (Å²) in [6.45, 7) is 0.305. The third kappa shape index (κ3) is 4.55. The second-order valence-corrected chi connectivity index (χ2v) is 3.98. The summed E-state index contributed by atoms with van der Waals surface area (Å²) >= 11 is 10.8. The number of benzene rings is 1. The van der Waals surface area contributed by atoms with Crippen LogP contribution in [0.5, 0.6) is 0 Å². The number of esters is 2. The van der Waals surface area contributed by atoms with E-state index in [9.17, 15) is 9.59 Å². The first-order valence-electron chi connectivity index (χ1n) is 5.25. The lowest BCUT2D eigenvalue weighted by atomic mass is 10.1. The molecule has 0 aromatic heterocycles. The van der Waals surface area contributed by atoms with Crippen molar-refractivity contribution in [1.29, 1.82) is 0 Å². The molecule has 6 heteroatoms. The second-order valence-electron chi connectivity index (χ2n) is 3.23. The van der Waals surface area contributed by atoms with Gasteiger partial charge in [0.05, 0.1) is 22.9 Å². The van der Waals surface area contributed by atoms with Crippen molar-refractivity contribution in [3.63, 3.8) is 0 Å². The first kappa shape index (κ1) is 14.8. The van der Waals surface area contributed by atoms with Gasteiger partial charge in [0.15, 0.2) is 0 Å². The minimum atomic E-state index is -0.476. The first-order valence-corrected chi connectivity index (χ1v) is 6.32. The van der Waals surface area contributed by atoms with Gasteiger partial charge in [-0.2, -0.15) is 0 Å². The van der Waals surface area contributed by atoms with Gasteiger partial charge in [-0.25, -0.2) is 9.59 Å². The maximum atomic E-state index is 11.4. The predicted octanol–water partition coefficient (Wildman–Crippen LogP) is 2.48. The predicted molar refractivity (Wildman–Crippen MR) is 68.4 cm³/mol. The van der Waals surface area contributed by atoms with E-state index in [1.807, 2.05) is 0 Å². The molecule has 0 aliphatic heterocycles. The Labute approximate surface area is 115 Å². The molecule has 0 atom stereocenters. The van der Waals surface area contributed by atoms with Crippen molar-refractivity contribution in [3.05, 3.63) is 35.4 Å². The van der Waals surface area contributed by atoms with Crippen LogP contribution in [0.15, 0.2) is 24.3 Å². The summed E-state index contributed by atoms with van der Waals surface area (Å²) in [6.07, 6.45) is 0. The fourth-order valence-electron chi connectivity index (χ4n) is 1.17. The third-order valence-corrected chi connectivity index (χ3v) is 2.29. The monoisotopic (exact) mass is 290 g/mol. The highest BCUT2D eigenvalue weighted by atomic mass is 35.5. The van der Waals surface area contributed by atoms with Gasteiger partial charge >= 0.3 is 11.9 Å². The lowest BCUT2D eigenvalue weighted by Gasteiger charge is -2.04. The Morgan fingerprint density at radius 1 is 0.833 bits per heavy atom. The number of hydrogen-bond donors (Lipinski definition) is 0. The molecule has 0 heterocycles. The van der Waals surface area contributed by atoms with Gasteiger partial charge < -0.3 is 9.47 Å². The zero-order valence-corrected chi connectivity index (χ0v) is 11.0. The number of carbonyl (C=O) groups excluding carboxylic acids is 2. The molecule has 1 aromatic carbocycles. The van der Waals surface area contributed by atoms with Gasteiger partial charge in [0.25, 0.3) is 0 Å². The molecule has 0 aliphatic carbocycles. The molecule has 0 aliphatic rings. The number of rotatable bonds is 6. The van der Waals surface area contributed by atoms with E-state index in [4.69, 9.17) is 32.7 Å². The van der Waals surface area contributed by atoms with Crippen LogP contribution < -0.4 is 0 Å². The van der Waals surface area contributed by atoms with E-state index in [1.165, 1.54) is 24.3 Å². The number of halogens is 2. The van der Waals surface area contributed by atoms with Gasteiger partial charge in [-0.15, -0.1) is 23.2 Å². The molecule has 4 nitrogen and oxygen atoms in total. The molecular weight excluding hydrogens is 279 g/mol. The third-order valence-electron chi connectivity index (χ3n) is 1.98. The van der Waals surface area contributed by atoms with Crippen LogP contribution in [-0.4, -0.2) is 36.9 Å². The molecule has 1 aromatic rings. The fraction of sp³-hybridized carbons (Fsp3) is 0.333. The molecule has 0 bridgehead atoms. The van der Waals surface area contributed by atoms with Crippen molar-refractivity contribution < 1.29 is 19.1 Å². The van der Waals surface area contributed by atoms with Crippen molar-refractivity contribution in [2.24, 2.45) is 0 Å². The molecule has 0 saturated heterocycles. The Bertz CT molecular complexity index is 364. The molecule has 0 N–H and O–H groups in total. The molecule has 0 radical (unpaired) electrons. The van der Waals surface area contributed by atoms with E-state index < -0.39 is 11.9 Å². The van der Waals surface area contributed by atoms with E-state index in [-0.39, 0.29) is 25.0 Å². The topological polar surface area (TPSA) is 52.6 Å². The number of alkyl halides is 2. The van der Waals surface area contributed by atoms with Gasteiger partial charge in [-0.1, -0.05) is 0 Å². The zero-order chi connectivity index (χ0) is 13.4. The lowest BCUT2D eigenvalue weighted by molar-refractivity contribution is 0.0514. The van der Waals surface area contributed by atoms with Crippen LogP contribution in [0.3, 0.4) is 0 Å². The summed E-state index contributed by atoms with van der Waals surface area (Å²) in [5.74, 6) is -0.462. The van der Waals surface area contributed by atoms with Gasteiger partial charge in [-0.05, 0) is 24.3 Å². The van der Waals surface area contributed by atoms with Crippen molar-refractivity contribution in [2.45, 2.75) is 0 Å². The summed E-state index contributed by atoms with van der Waals surface area (Å²) in [5, 5.41) is 0. The van der Waals surface area contributed by atoms with Crippen LogP contribution in [0.2, 0.25) is 0 Å². The average molecular weight is 291 g/mol. The number of carbonyl (C=O) groups is 2. The average Bonchev–Trinajstić information content (AvgIpc) is 2.42. The molecular formula is C12H12Cl2O4. The smallest absolute Gasteiger partial charge is 0.338 e. The zero-order valence-electron chi connectivity index (χ0n) is 9.53. The second kappa shape index (κ2) is 7.95. The van der Waals surface area contributed by atoms with Gasteiger partial charge in [-0.3, -0.25) is 0 Å². The Morgan fingerprint density at radius 3 is 1.44 bits per heavy atom.